The first-order chi connectivity index (χ1) is 15.7. The van der Waals surface area contributed by atoms with Crippen LogP contribution in [-0.2, 0) is 4.74 Å². The highest BCUT2D eigenvalue weighted by atomic mass is 16.5. The standard InChI is InChI=1S/C26H29N3O3/c30-25(24-23-6-2-1-4-21(23)7-13-28-24)29-14-10-26(11-15-29)18-20(9-17-32-26)8-16-31-22-5-3-12-27-19-22/h1-7,12-13,19-20H,8-11,14-18H2. The van der Waals surface area contributed by atoms with Gasteiger partial charge in [-0.2, -0.15) is 0 Å². The molecule has 0 N–H and O–H groups in total. The van der Waals surface area contributed by atoms with E-state index >= 15 is 0 Å². The van der Waals surface area contributed by atoms with Gasteiger partial charge >= 0.3 is 0 Å². The maximum Gasteiger partial charge on any atom is 0.273 e. The fraction of sp³-hybridized carbons (Fsp3) is 0.423. The number of aromatic nitrogens is 2. The summed E-state index contributed by atoms with van der Waals surface area (Å²) in [6, 6.07) is 13.7. The molecule has 0 saturated carbocycles. The second-order valence-electron chi connectivity index (χ2n) is 8.89. The minimum atomic E-state index is -0.111. The number of hydrogen-bond donors (Lipinski definition) is 0. The minimum Gasteiger partial charge on any atom is -0.492 e. The lowest BCUT2D eigenvalue weighted by atomic mass is 9.78. The van der Waals surface area contributed by atoms with Crippen LogP contribution in [0.4, 0.5) is 0 Å². The normalized spacial score (nSPS) is 20.4. The number of nitrogens with zero attached hydrogens (tertiary/aromatic N) is 3. The number of amides is 1. The van der Waals surface area contributed by atoms with Crippen LogP contribution < -0.4 is 4.74 Å². The van der Waals surface area contributed by atoms with Crippen molar-refractivity contribution < 1.29 is 14.3 Å². The summed E-state index contributed by atoms with van der Waals surface area (Å²) in [6.07, 6.45) is 10.1. The van der Waals surface area contributed by atoms with Crippen molar-refractivity contribution >= 4 is 16.7 Å². The Bertz CT molecular complexity index is 1060. The third-order valence-corrected chi connectivity index (χ3v) is 6.86. The number of carbonyl (C=O) groups is 1. The largest absolute Gasteiger partial charge is 0.492 e. The number of carbonyl (C=O) groups excluding carboxylic acids is 1. The molecule has 6 nitrogen and oxygen atoms in total. The molecule has 1 atom stereocenters. The molecular formula is C26H29N3O3. The average molecular weight is 432 g/mol. The van der Waals surface area contributed by atoms with E-state index in [0.29, 0.717) is 31.3 Å². The van der Waals surface area contributed by atoms with Crippen LogP contribution in [0.2, 0.25) is 0 Å². The zero-order chi connectivity index (χ0) is 21.8. The van der Waals surface area contributed by atoms with Crippen LogP contribution in [0.15, 0.2) is 61.1 Å². The fourth-order valence-corrected chi connectivity index (χ4v) is 5.06. The second-order valence-corrected chi connectivity index (χ2v) is 8.89. The Morgan fingerprint density at radius 3 is 2.84 bits per heavy atom. The maximum absolute atomic E-state index is 13.2. The summed E-state index contributed by atoms with van der Waals surface area (Å²) >= 11 is 0. The molecule has 2 aliphatic rings. The molecule has 2 fully saturated rings. The number of hydrogen-bond acceptors (Lipinski definition) is 5. The Morgan fingerprint density at radius 2 is 2.00 bits per heavy atom. The fourth-order valence-electron chi connectivity index (χ4n) is 5.06. The molecule has 4 heterocycles. The molecule has 2 saturated heterocycles. The lowest BCUT2D eigenvalue weighted by molar-refractivity contribution is -0.125. The van der Waals surface area contributed by atoms with E-state index in [0.717, 1.165) is 55.2 Å². The van der Waals surface area contributed by atoms with E-state index in [1.165, 1.54) is 0 Å². The summed E-state index contributed by atoms with van der Waals surface area (Å²) < 4.78 is 12.2. The molecule has 5 rings (SSSR count). The van der Waals surface area contributed by atoms with Crippen molar-refractivity contribution in [2.24, 2.45) is 5.92 Å². The number of fused-ring (bicyclic) bond motifs is 1. The van der Waals surface area contributed by atoms with E-state index in [9.17, 15) is 4.79 Å². The Labute approximate surface area is 188 Å². The van der Waals surface area contributed by atoms with Crippen LogP contribution >= 0.6 is 0 Å². The van der Waals surface area contributed by atoms with Gasteiger partial charge in [-0.25, -0.2) is 0 Å². The van der Waals surface area contributed by atoms with E-state index in [2.05, 4.69) is 9.97 Å². The zero-order valence-corrected chi connectivity index (χ0v) is 18.3. The molecule has 32 heavy (non-hydrogen) atoms. The highest BCUT2D eigenvalue weighted by Crippen LogP contribution is 2.39. The molecule has 1 unspecified atom stereocenters. The van der Waals surface area contributed by atoms with Gasteiger partial charge in [0.25, 0.3) is 5.91 Å². The topological polar surface area (TPSA) is 64.6 Å². The van der Waals surface area contributed by atoms with Crippen LogP contribution in [0.5, 0.6) is 5.75 Å². The summed E-state index contributed by atoms with van der Waals surface area (Å²) in [6.45, 7) is 2.91. The minimum absolute atomic E-state index is 0.0221. The molecule has 1 amide bonds. The van der Waals surface area contributed by atoms with Gasteiger partial charge in [-0.3, -0.25) is 14.8 Å². The van der Waals surface area contributed by atoms with Gasteiger partial charge < -0.3 is 14.4 Å². The monoisotopic (exact) mass is 431 g/mol. The van der Waals surface area contributed by atoms with Crippen molar-refractivity contribution in [1.82, 2.24) is 14.9 Å². The molecule has 0 radical (unpaired) electrons. The highest BCUT2D eigenvalue weighted by Gasteiger charge is 2.41. The summed E-state index contributed by atoms with van der Waals surface area (Å²) in [5, 5.41) is 1.97. The van der Waals surface area contributed by atoms with Crippen LogP contribution in [0.3, 0.4) is 0 Å². The number of ether oxygens (including phenoxy) is 2. The van der Waals surface area contributed by atoms with Crippen molar-refractivity contribution in [3.8, 4) is 5.75 Å². The Morgan fingerprint density at radius 1 is 1.12 bits per heavy atom. The molecule has 3 aromatic rings. The predicted molar refractivity (Wildman–Crippen MR) is 123 cm³/mol. The molecule has 1 spiro atoms. The van der Waals surface area contributed by atoms with Gasteiger partial charge in [0.2, 0.25) is 0 Å². The van der Waals surface area contributed by atoms with Crippen molar-refractivity contribution in [3.63, 3.8) is 0 Å². The quantitative estimate of drug-likeness (QED) is 0.595. The average Bonchev–Trinajstić information content (AvgIpc) is 2.85. The van der Waals surface area contributed by atoms with E-state index in [1.54, 1.807) is 18.6 Å². The Balaban J connectivity index is 1.17. The molecule has 0 aliphatic carbocycles. The molecule has 166 valence electrons. The molecule has 1 aromatic carbocycles. The first kappa shape index (κ1) is 20.9. The van der Waals surface area contributed by atoms with Crippen molar-refractivity contribution in [1.29, 1.82) is 0 Å². The number of piperidine rings is 1. The van der Waals surface area contributed by atoms with Gasteiger partial charge in [0.1, 0.15) is 11.4 Å². The first-order valence-corrected chi connectivity index (χ1v) is 11.5. The zero-order valence-electron chi connectivity index (χ0n) is 18.3. The molecule has 6 heteroatoms. The van der Waals surface area contributed by atoms with Crippen LogP contribution in [0, 0.1) is 5.92 Å². The SMILES string of the molecule is O=C(c1nccc2ccccc12)N1CCC2(CC1)CC(CCOc1cccnc1)CCO2. The highest BCUT2D eigenvalue weighted by molar-refractivity contribution is 6.05. The predicted octanol–water partition coefficient (Wildman–Crippen LogP) is 4.50. The third kappa shape index (κ3) is 4.46. The van der Waals surface area contributed by atoms with E-state index in [-0.39, 0.29) is 11.5 Å². The second kappa shape index (κ2) is 9.25. The number of pyridine rings is 2. The van der Waals surface area contributed by atoms with Gasteiger partial charge in [-0.1, -0.05) is 24.3 Å². The first-order valence-electron chi connectivity index (χ1n) is 11.5. The lowest BCUT2D eigenvalue weighted by Crippen LogP contribution is -2.51. The molecule has 0 bridgehead atoms. The third-order valence-electron chi connectivity index (χ3n) is 6.86. The van der Waals surface area contributed by atoms with Gasteiger partial charge in [-0.15, -0.1) is 0 Å². The van der Waals surface area contributed by atoms with Crippen molar-refractivity contribution in [2.45, 2.75) is 37.7 Å². The Kier molecular flexibility index (Phi) is 6.04. The van der Waals surface area contributed by atoms with Crippen LogP contribution in [0.25, 0.3) is 10.8 Å². The number of benzene rings is 1. The summed E-state index contributed by atoms with van der Waals surface area (Å²) in [5.74, 6) is 1.43. The van der Waals surface area contributed by atoms with Crippen LogP contribution in [-0.4, -0.2) is 52.7 Å². The lowest BCUT2D eigenvalue weighted by Gasteiger charge is -2.46. The van der Waals surface area contributed by atoms with Gasteiger partial charge in [-0.05, 0) is 61.6 Å². The molecule has 2 aromatic heterocycles. The molecular weight excluding hydrogens is 402 g/mol. The van der Waals surface area contributed by atoms with E-state index in [1.807, 2.05) is 47.4 Å². The smallest absolute Gasteiger partial charge is 0.273 e. The molecule has 2 aliphatic heterocycles. The summed E-state index contributed by atoms with van der Waals surface area (Å²) in [7, 11) is 0. The van der Waals surface area contributed by atoms with Crippen molar-refractivity contribution in [3.05, 3.63) is 66.7 Å². The van der Waals surface area contributed by atoms with Gasteiger partial charge in [0, 0.05) is 37.5 Å². The summed E-state index contributed by atoms with van der Waals surface area (Å²) in [5.41, 5.74) is 0.439. The summed E-state index contributed by atoms with van der Waals surface area (Å²) in [4.78, 5) is 23.7. The van der Waals surface area contributed by atoms with E-state index in [4.69, 9.17) is 9.47 Å². The van der Waals surface area contributed by atoms with E-state index < -0.39 is 0 Å². The van der Waals surface area contributed by atoms with Crippen molar-refractivity contribution in [2.75, 3.05) is 26.3 Å². The van der Waals surface area contributed by atoms with Gasteiger partial charge in [0.15, 0.2) is 0 Å². The van der Waals surface area contributed by atoms with Gasteiger partial charge in [0.05, 0.1) is 18.4 Å². The Hall–Kier alpha value is -2.99. The number of rotatable bonds is 5. The number of likely N-dealkylation sites (tertiary alicyclic amines) is 1. The maximum atomic E-state index is 13.2. The van der Waals surface area contributed by atoms with Crippen LogP contribution in [0.1, 0.15) is 42.6 Å².